The summed E-state index contributed by atoms with van der Waals surface area (Å²) in [5.74, 6) is 0.0514. The molecule has 0 spiro atoms. The Labute approximate surface area is 191 Å². The zero-order valence-corrected chi connectivity index (χ0v) is 19.4. The van der Waals surface area contributed by atoms with E-state index in [1.807, 2.05) is 29.2 Å². The van der Waals surface area contributed by atoms with Crippen molar-refractivity contribution in [2.24, 2.45) is 0 Å². The van der Waals surface area contributed by atoms with Gasteiger partial charge in [0.1, 0.15) is 15.7 Å². The fraction of sp³-hybridized carbons (Fsp3) is 0.391. The molecule has 1 atom stereocenters. The maximum Gasteiger partial charge on any atom is 0.254 e. The van der Waals surface area contributed by atoms with E-state index in [2.05, 4.69) is 4.72 Å². The smallest absolute Gasteiger partial charge is 0.254 e. The number of ether oxygens (including phenoxy) is 1. The molecule has 1 aromatic heterocycles. The molecule has 1 unspecified atom stereocenters. The SMILES string of the molecule is COc1ccc(C(=O)N2CCCCC2c2nc3ccccc3s2)cc1S(=O)(=O)NC1CC1. The van der Waals surface area contributed by atoms with Crippen molar-refractivity contribution in [3.05, 3.63) is 53.0 Å². The lowest BCUT2D eigenvalue weighted by Gasteiger charge is -2.34. The Kier molecular flexibility index (Phi) is 5.65. The number of hydrogen-bond acceptors (Lipinski definition) is 6. The van der Waals surface area contributed by atoms with E-state index < -0.39 is 10.0 Å². The molecule has 32 heavy (non-hydrogen) atoms. The van der Waals surface area contributed by atoms with Gasteiger partial charge in [-0.15, -0.1) is 11.3 Å². The Balaban J connectivity index is 1.48. The van der Waals surface area contributed by atoms with Crippen molar-refractivity contribution >= 4 is 37.5 Å². The van der Waals surface area contributed by atoms with Crippen LogP contribution < -0.4 is 9.46 Å². The van der Waals surface area contributed by atoms with Crippen molar-refractivity contribution in [3.63, 3.8) is 0 Å². The molecule has 5 rings (SSSR count). The molecule has 1 saturated carbocycles. The summed E-state index contributed by atoms with van der Waals surface area (Å²) in [6.07, 6.45) is 4.45. The number of aromatic nitrogens is 1. The second-order valence-electron chi connectivity index (χ2n) is 8.29. The van der Waals surface area contributed by atoms with E-state index in [-0.39, 0.29) is 28.6 Å². The third-order valence-corrected chi connectivity index (χ3v) is 8.64. The van der Waals surface area contributed by atoms with Gasteiger partial charge in [0.2, 0.25) is 10.0 Å². The highest BCUT2D eigenvalue weighted by Crippen LogP contribution is 2.37. The van der Waals surface area contributed by atoms with Gasteiger partial charge in [0, 0.05) is 18.2 Å². The Morgan fingerprint density at radius 1 is 1.16 bits per heavy atom. The summed E-state index contributed by atoms with van der Waals surface area (Å²) in [6.45, 7) is 0.619. The number of para-hydroxylation sites is 1. The highest BCUT2D eigenvalue weighted by Gasteiger charge is 2.33. The molecule has 2 aliphatic rings. The van der Waals surface area contributed by atoms with Gasteiger partial charge in [0.15, 0.2) is 0 Å². The molecule has 1 aliphatic heterocycles. The summed E-state index contributed by atoms with van der Waals surface area (Å²) in [6, 6.07) is 12.5. The van der Waals surface area contributed by atoms with Gasteiger partial charge in [-0.2, -0.15) is 0 Å². The van der Waals surface area contributed by atoms with E-state index in [0.29, 0.717) is 12.1 Å². The van der Waals surface area contributed by atoms with Gasteiger partial charge in [-0.1, -0.05) is 12.1 Å². The minimum Gasteiger partial charge on any atom is -0.495 e. The molecule has 168 valence electrons. The fourth-order valence-electron chi connectivity index (χ4n) is 4.13. The molecule has 2 fully saturated rings. The summed E-state index contributed by atoms with van der Waals surface area (Å²) < 4.78 is 34.8. The molecule has 1 saturated heterocycles. The Hall–Kier alpha value is -2.49. The number of piperidine rings is 1. The van der Waals surface area contributed by atoms with Gasteiger partial charge in [0.25, 0.3) is 5.91 Å². The number of likely N-dealkylation sites (tertiary alicyclic amines) is 1. The Morgan fingerprint density at radius 3 is 2.72 bits per heavy atom. The van der Waals surface area contributed by atoms with Crippen LogP contribution in [0.25, 0.3) is 10.2 Å². The molecular formula is C23H25N3O4S2. The Bertz CT molecular complexity index is 1230. The first-order chi connectivity index (χ1) is 15.5. The lowest BCUT2D eigenvalue weighted by molar-refractivity contribution is 0.0611. The third-order valence-electron chi connectivity index (χ3n) is 5.96. The van der Waals surface area contributed by atoms with Gasteiger partial charge in [-0.05, 0) is 62.4 Å². The number of rotatable bonds is 6. The van der Waals surface area contributed by atoms with Crippen LogP contribution in [0.1, 0.15) is 53.5 Å². The van der Waals surface area contributed by atoms with Crippen molar-refractivity contribution in [1.82, 2.24) is 14.6 Å². The maximum atomic E-state index is 13.6. The second-order valence-corrected chi connectivity index (χ2v) is 11.0. The standard InChI is InChI=1S/C23H25N3O4S2/c1-30-19-12-9-15(14-21(19)32(28,29)25-16-10-11-16)23(27)26-13-5-4-7-18(26)22-24-17-6-2-3-8-20(17)31-22/h2-3,6,8-9,12,14,16,18,25H,4-5,7,10-11,13H2,1H3. The summed E-state index contributed by atoms with van der Waals surface area (Å²) in [4.78, 5) is 20.2. The van der Waals surface area contributed by atoms with Crippen LogP contribution in [0.3, 0.4) is 0 Å². The van der Waals surface area contributed by atoms with Crippen LogP contribution in [0, 0.1) is 0 Å². The number of amides is 1. The van der Waals surface area contributed by atoms with Crippen molar-refractivity contribution in [3.8, 4) is 5.75 Å². The largest absolute Gasteiger partial charge is 0.495 e. The first kappa shape index (κ1) is 21.4. The fourth-order valence-corrected chi connectivity index (χ4v) is 6.75. The minimum atomic E-state index is -3.77. The first-order valence-corrected chi connectivity index (χ1v) is 13.1. The van der Waals surface area contributed by atoms with Crippen LogP contribution in [-0.2, 0) is 10.0 Å². The van der Waals surface area contributed by atoms with E-state index in [4.69, 9.17) is 9.72 Å². The lowest BCUT2D eigenvalue weighted by atomic mass is 10.0. The summed E-state index contributed by atoms with van der Waals surface area (Å²) in [7, 11) is -2.33. The predicted octanol–water partition coefficient (Wildman–Crippen LogP) is 4.11. The zero-order valence-electron chi connectivity index (χ0n) is 17.8. The molecule has 3 aromatic rings. The molecule has 1 amide bonds. The molecule has 2 heterocycles. The zero-order chi connectivity index (χ0) is 22.3. The van der Waals surface area contributed by atoms with E-state index in [9.17, 15) is 13.2 Å². The van der Waals surface area contributed by atoms with Crippen LogP contribution in [0.2, 0.25) is 0 Å². The van der Waals surface area contributed by atoms with Crippen molar-refractivity contribution in [2.75, 3.05) is 13.7 Å². The van der Waals surface area contributed by atoms with Crippen LogP contribution in [0.4, 0.5) is 0 Å². The highest BCUT2D eigenvalue weighted by molar-refractivity contribution is 7.89. The van der Waals surface area contributed by atoms with Gasteiger partial charge in [-0.25, -0.2) is 18.1 Å². The number of benzene rings is 2. The van der Waals surface area contributed by atoms with E-state index in [1.54, 1.807) is 23.5 Å². The molecular weight excluding hydrogens is 446 g/mol. The van der Waals surface area contributed by atoms with Crippen LogP contribution in [-0.4, -0.2) is 43.9 Å². The predicted molar refractivity (Wildman–Crippen MR) is 124 cm³/mol. The van der Waals surface area contributed by atoms with Crippen LogP contribution in [0.15, 0.2) is 47.4 Å². The summed E-state index contributed by atoms with van der Waals surface area (Å²) >= 11 is 1.62. The molecule has 9 heteroatoms. The molecule has 7 nitrogen and oxygen atoms in total. The van der Waals surface area contributed by atoms with E-state index in [1.165, 1.54) is 13.2 Å². The molecule has 1 aliphatic carbocycles. The molecule has 1 N–H and O–H groups in total. The number of carbonyl (C=O) groups excluding carboxylic acids is 1. The number of carbonyl (C=O) groups is 1. The number of methoxy groups -OCH3 is 1. The van der Waals surface area contributed by atoms with Crippen LogP contribution in [0.5, 0.6) is 5.75 Å². The van der Waals surface area contributed by atoms with Crippen molar-refractivity contribution in [1.29, 1.82) is 0 Å². The lowest BCUT2D eigenvalue weighted by Crippen LogP contribution is -2.38. The number of fused-ring (bicyclic) bond motifs is 1. The maximum absolute atomic E-state index is 13.6. The average Bonchev–Trinajstić information content (AvgIpc) is 3.51. The van der Waals surface area contributed by atoms with Gasteiger partial charge < -0.3 is 9.64 Å². The first-order valence-electron chi connectivity index (χ1n) is 10.8. The summed E-state index contributed by atoms with van der Waals surface area (Å²) in [5, 5.41) is 0.927. The normalized spacial score (nSPS) is 19.3. The van der Waals surface area contributed by atoms with Gasteiger partial charge in [0.05, 0.1) is 23.4 Å². The van der Waals surface area contributed by atoms with Gasteiger partial charge in [-0.3, -0.25) is 4.79 Å². The highest BCUT2D eigenvalue weighted by atomic mass is 32.2. The van der Waals surface area contributed by atoms with E-state index >= 15 is 0 Å². The number of nitrogens with zero attached hydrogens (tertiary/aromatic N) is 2. The topological polar surface area (TPSA) is 88.6 Å². The third kappa shape index (κ3) is 4.12. The number of thiazole rings is 1. The second kappa shape index (κ2) is 8.46. The molecule has 2 aromatic carbocycles. The van der Waals surface area contributed by atoms with Crippen molar-refractivity contribution < 1.29 is 17.9 Å². The quantitative estimate of drug-likeness (QED) is 0.584. The van der Waals surface area contributed by atoms with Crippen molar-refractivity contribution in [2.45, 2.75) is 49.1 Å². The Morgan fingerprint density at radius 2 is 1.97 bits per heavy atom. The number of nitrogens with one attached hydrogen (secondary N) is 1. The van der Waals surface area contributed by atoms with E-state index in [0.717, 1.165) is 47.3 Å². The summed E-state index contributed by atoms with van der Waals surface area (Å²) in [5.41, 5.74) is 1.28. The monoisotopic (exact) mass is 471 g/mol. The van der Waals surface area contributed by atoms with Gasteiger partial charge >= 0.3 is 0 Å². The average molecular weight is 472 g/mol. The van der Waals surface area contributed by atoms with Crippen LogP contribution >= 0.6 is 11.3 Å². The minimum absolute atomic E-state index is 0.00583. The molecule has 0 bridgehead atoms. The number of sulfonamides is 1. The molecule has 0 radical (unpaired) electrons. The number of hydrogen-bond donors (Lipinski definition) is 1.